The molecule has 0 aromatic carbocycles. The lowest BCUT2D eigenvalue weighted by molar-refractivity contribution is -0.161. The molecule has 2 fully saturated rings. The number of aliphatic hydroxyl groups excluding tert-OH is 1. The molecule has 7 atom stereocenters. The number of nitrogens with zero attached hydrogens (tertiary/aromatic N) is 2. The van der Waals surface area contributed by atoms with Crippen LogP contribution in [0.15, 0.2) is 17.5 Å². The average molecular weight is 732 g/mol. The maximum absolute atomic E-state index is 14.3. The van der Waals surface area contributed by atoms with Gasteiger partial charge in [0.1, 0.15) is 17.7 Å². The number of unbranched alkanes of at least 4 members (excludes halogenated alkanes) is 1. The fourth-order valence-electron chi connectivity index (χ4n) is 7.46. The molecule has 2 aliphatic rings. The Kier molecular flexibility index (Phi) is 13.8. The lowest BCUT2D eigenvalue weighted by atomic mass is 9.77. The van der Waals surface area contributed by atoms with E-state index in [0.717, 1.165) is 6.42 Å². The van der Waals surface area contributed by atoms with Crippen LogP contribution in [0.1, 0.15) is 118 Å². The number of ether oxygens (including phenoxy) is 1. The molecule has 2 N–H and O–H groups in total. The number of hydrogen-bond donors (Lipinski definition) is 2. The Bertz CT molecular complexity index is 1420. The van der Waals surface area contributed by atoms with Crippen molar-refractivity contribution in [1.82, 2.24) is 15.1 Å². The normalized spacial score (nSPS) is 21.9. The molecule has 1 aromatic heterocycles. The first-order valence-electron chi connectivity index (χ1n) is 18.3. The molecule has 3 rings (SSSR count). The third-order valence-electron chi connectivity index (χ3n) is 10.5. The summed E-state index contributed by atoms with van der Waals surface area (Å²) in [5.74, 6) is -3.56. The number of Topliss-reactive ketones (excluding diaryl/α,β-unsaturated/α-hetero) is 2. The van der Waals surface area contributed by atoms with Crippen molar-refractivity contribution in [3.63, 3.8) is 0 Å². The van der Waals surface area contributed by atoms with Crippen molar-refractivity contribution in [3.05, 3.63) is 22.4 Å². The van der Waals surface area contributed by atoms with Gasteiger partial charge in [0.05, 0.1) is 18.4 Å². The zero-order valence-electron chi connectivity index (χ0n) is 32.5. The molecular weight excluding hydrogens is 671 g/mol. The number of esters is 1. The smallest absolute Gasteiger partial charge is 0.307 e. The Labute approximate surface area is 308 Å². The van der Waals surface area contributed by atoms with E-state index < -0.39 is 58.7 Å². The molecule has 2 heterocycles. The standard InChI is InChI=1S/C39H61N3O8S/c1-12-13-15-23(34(47)26(43)17-18-29(45)40-32(36(49)41(10)11)28-16-14-19-51-28)20-27(44)33-31-25(39(31,8)9)22-42(33)35(48)24(37(2,3)4)21-30(46)50-38(5,6)7/h14,16,19,23-25,31-34,47H,12-13,15,17-18,20-22H2,1-11H3,(H,40,45)/t23?,24-,25+,31+,32+,33-,34?/m1/s1. The topological polar surface area (TPSA) is 150 Å². The number of hydrogen-bond acceptors (Lipinski definition) is 9. The minimum Gasteiger partial charge on any atom is -0.460 e. The van der Waals surface area contributed by atoms with Crippen molar-refractivity contribution < 1.29 is 38.6 Å². The molecule has 1 aliphatic heterocycles. The van der Waals surface area contributed by atoms with Crippen LogP contribution < -0.4 is 5.32 Å². The Balaban J connectivity index is 1.75. The van der Waals surface area contributed by atoms with Gasteiger partial charge in [0.25, 0.3) is 0 Å². The van der Waals surface area contributed by atoms with Crippen molar-refractivity contribution in [2.75, 3.05) is 20.6 Å². The number of aliphatic hydroxyl groups is 1. The van der Waals surface area contributed by atoms with Gasteiger partial charge in [0, 0.05) is 44.8 Å². The molecule has 3 amide bonds. The molecule has 1 saturated carbocycles. The van der Waals surface area contributed by atoms with Gasteiger partial charge in [-0.15, -0.1) is 11.3 Å². The number of fused-ring (bicyclic) bond motifs is 1. The number of carbonyl (C=O) groups excluding carboxylic acids is 6. The van der Waals surface area contributed by atoms with E-state index >= 15 is 0 Å². The van der Waals surface area contributed by atoms with Gasteiger partial charge in [-0.05, 0) is 67.2 Å². The largest absolute Gasteiger partial charge is 0.460 e. The van der Waals surface area contributed by atoms with Gasteiger partial charge in [-0.1, -0.05) is 60.5 Å². The molecule has 1 aliphatic carbocycles. The number of rotatable bonds is 17. The molecular formula is C39H61N3O8S. The summed E-state index contributed by atoms with van der Waals surface area (Å²) in [6, 6.07) is 1.95. The van der Waals surface area contributed by atoms with Crippen LogP contribution in [0.2, 0.25) is 0 Å². The van der Waals surface area contributed by atoms with Crippen molar-refractivity contribution in [2.45, 2.75) is 131 Å². The van der Waals surface area contributed by atoms with Crippen molar-refractivity contribution in [1.29, 1.82) is 0 Å². The highest BCUT2D eigenvalue weighted by atomic mass is 32.1. The second-order valence-corrected chi connectivity index (χ2v) is 18.3. The number of likely N-dealkylation sites (N-methyl/N-ethyl adjacent to an activating group) is 1. The number of nitrogens with one attached hydrogen (secondary N) is 1. The van der Waals surface area contributed by atoms with Crippen molar-refractivity contribution in [2.24, 2.45) is 34.5 Å². The Morgan fingerprint density at radius 1 is 1.06 bits per heavy atom. The lowest BCUT2D eigenvalue weighted by Crippen LogP contribution is -2.51. The molecule has 12 heteroatoms. The quantitative estimate of drug-likeness (QED) is 0.204. The fraction of sp³-hybridized carbons (Fsp3) is 0.744. The van der Waals surface area contributed by atoms with Crippen LogP contribution >= 0.6 is 11.3 Å². The molecule has 0 spiro atoms. The Hall–Kier alpha value is -3.12. The first-order valence-corrected chi connectivity index (χ1v) is 19.2. The highest BCUT2D eigenvalue weighted by molar-refractivity contribution is 7.10. The molecule has 51 heavy (non-hydrogen) atoms. The summed E-state index contributed by atoms with van der Waals surface area (Å²) in [6.45, 7) is 17.7. The van der Waals surface area contributed by atoms with Crippen LogP contribution in [-0.2, 0) is 33.5 Å². The van der Waals surface area contributed by atoms with Crippen molar-refractivity contribution >= 4 is 46.6 Å². The van der Waals surface area contributed by atoms with Gasteiger partial charge >= 0.3 is 5.97 Å². The molecule has 1 saturated heterocycles. The zero-order chi connectivity index (χ0) is 38.6. The number of amides is 3. The highest BCUT2D eigenvalue weighted by Crippen LogP contribution is 2.65. The van der Waals surface area contributed by atoms with Crippen molar-refractivity contribution in [3.8, 4) is 0 Å². The maximum Gasteiger partial charge on any atom is 0.307 e. The summed E-state index contributed by atoms with van der Waals surface area (Å²) in [5.41, 5.74) is -1.42. The van der Waals surface area contributed by atoms with E-state index in [-0.39, 0.29) is 60.5 Å². The Morgan fingerprint density at radius 3 is 2.24 bits per heavy atom. The summed E-state index contributed by atoms with van der Waals surface area (Å²) >= 11 is 1.34. The number of carbonyl (C=O) groups is 6. The number of piperidine rings is 1. The van der Waals surface area contributed by atoms with Gasteiger partial charge in [0.15, 0.2) is 11.6 Å². The van der Waals surface area contributed by atoms with Gasteiger partial charge in [-0.2, -0.15) is 0 Å². The van der Waals surface area contributed by atoms with Crippen LogP contribution in [0.5, 0.6) is 0 Å². The monoisotopic (exact) mass is 731 g/mol. The lowest BCUT2D eigenvalue weighted by Gasteiger charge is -2.38. The summed E-state index contributed by atoms with van der Waals surface area (Å²) in [4.78, 5) is 84.2. The van der Waals surface area contributed by atoms with Crippen LogP contribution in [0.25, 0.3) is 0 Å². The predicted molar refractivity (Wildman–Crippen MR) is 196 cm³/mol. The first-order chi connectivity index (χ1) is 23.5. The van der Waals surface area contributed by atoms with Crippen LogP contribution in [0.4, 0.5) is 0 Å². The minimum absolute atomic E-state index is 0.0550. The maximum atomic E-state index is 14.3. The van der Waals surface area contributed by atoms with E-state index in [2.05, 4.69) is 19.2 Å². The average Bonchev–Trinajstić information content (AvgIpc) is 3.46. The van der Waals surface area contributed by atoms with Crippen LogP contribution in [-0.4, -0.2) is 88.6 Å². The predicted octanol–water partition coefficient (Wildman–Crippen LogP) is 5.35. The second kappa shape index (κ2) is 16.7. The molecule has 286 valence electrons. The fourth-order valence-corrected chi connectivity index (χ4v) is 8.23. The molecule has 0 bridgehead atoms. The molecule has 0 radical (unpaired) electrons. The van der Waals surface area contributed by atoms with Gasteiger partial charge in [0.2, 0.25) is 17.7 Å². The van der Waals surface area contributed by atoms with Crippen LogP contribution in [0.3, 0.4) is 0 Å². The SMILES string of the molecule is CCCCC(CC(=O)[C@@H]1[C@@H]2[C@H](CN1C(=O)[C@@H](CC(=O)OC(C)(C)C)C(C)(C)C)C2(C)C)C(O)C(=O)CCC(=O)N[C@H](C(=O)N(C)C)c1cccs1. The summed E-state index contributed by atoms with van der Waals surface area (Å²) in [5, 5.41) is 15.9. The van der Waals surface area contributed by atoms with E-state index in [1.54, 1.807) is 51.9 Å². The van der Waals surface area contributed by atoms with E-state index in [4.69, 9.17) is 4.74 Å². The minimum atomic E-state index is -1.46. The highest BCUT2D eigenvalue weighted by Gasteiger charge is 2.69. The van der Waals surface area contributed by atoms with Gasteiger partial charge < -0.3 is 25.0 Å². The first kappa shape index (κ1) is 42.3. The second-order valence-electron chi connectivity index (χ2n) is 17.3. The number of likely N-dealkylation sites (tertiary alicyclic amines) is 1. The number of ketones is 2. The van der Waals surface area contributed by atoms with E-state index in [1.165, 1.54) is 16.2 Å². The molecule has 2 unspecified atom stereocenters. The molecule has 11 nitrogen and oxygen atoms in total. The molecule has 1 aromatic rings. The van der Waals surface area contributed by atoms with E-state index in [1.807, 2.05) is 33.1 Å². The van der Waals surface area contributed by atoms with Gasteiger partial charge in [-0.3, -0.25) is 28.8 Å². The third kappa shape index (κ3) is 10.7. The Morgan fingerprint density at radius 2 is 1.71 bits per heavy atom. The number of thiophene rings is 1. The summed E-state index contributed by atoms with van der Waals surface area (Å²) in [7, 11) is 3.20. The van der Waals surface area contributed by atoms with Crippen LogP contribution in [0, 0.1) is 34.5 Å². The van der Waals surface area contributed by atoms with Gasteiger partial charge in [-0.25, -0.2) is 0 Å². The van der Waals surface area contributed by atoms with E-state index in [9.17, 15) is 33.9 Å². The zero-order valence-corrected chi connectivity index (χ0v) is 33.4. The summed E-state index contributed by atoms with van der Waals surface area (Å²) < 4.78 is 5.56. The summed E-state index contributed by atoms with van der Waals surface area (Å²) in [6.07, 6.45) is -0.216. The van der Waals surface area contributed by atoms with E-state index in [0.29, 0.717) is 24.3 Å². The third-order valence-corrected chi connectivity index (χ3v) is 11.5.